The Balaban J connectivity index is 2.28. The Kier molecular flexibility index (Phi) is 3.25. The molecule has 0 fully saturated rings. The van der Waals surface area contributed by atoms with Crippen molar-refractivity contribution in [3.63, 3.8) is 0 Å². The number of hydrogen-bond acceptors (Lipinski definition) is 2. The van der Waals surface area contributed by atoms with Crippen LogP contribution in [0.15, 0.2) is 24.8 Å². The van der Waals surface area contributed by atoms with Crippen molar-refractivity contribution in [2.75, 3.05) is 13.1 Å². The van der Waals surface area contributed by atoms with E-state index in [-0.39, 0.29) is 0 Å². The van der Waals surface area contributed by atoms with Gasteiger partial charge >= 0.3 is 0 Å². The van der Waals surface area contributed by atoms with Gasteiger partial charge in [-0.2, -0.15) is 0 Å². The van der Waals surface area contributed by atoms with Crippen LogP contribution in [0.2, 0.25) is 5.02 Å². The lowest BCUT2D eigenvalue weighted by Gasteiger charge is -2.21. The first-order valence-corrected chi connectivity index (χ1v) is 7.15. The van der Waals surface area contributed by atoms with Gasteiger partial charge in [-0.1, -0.05) is 17.7 Å². The molecule has 0 amide bonds. The van der Waals surface area contributed by atoms with Crippen molar-refractivity contribution in [1.29, 1.82) is 0 Å². The molecular formula is C14H16ClN3S. The minimum Gasteiger partial charge on any atom is -0.331 e. The number of nitrogens with zero attached hydrogens (tertiary/aromatic N) is 2. The van der Waals surface area contributed by atoms with Crippen molar-refractivity contribution < 1.29 is 0 Å². The summed E-state index contributed by atoms with van der Waals surface area (Å²) >= 11 is 11.8. The molecule has 3 nitrogen and oxygen atoms in total. The van der Waals surface area contributed by atoms with Gasteiger partial charge < -0.3 is 9.55 Å². The van der Waals surface area contributed by atoms with Crippen molar-refractivity contribution in [1.82, 2.24) is 14.5 Å². The Morgan fingerprint density at radius 1 is 1.58 bits per heavy atom. The second-order valence-electron chi connectivity index (χ2n) is 5.05. The molecule has 0 aliphatic carbocycles. The second kappa shape index (κ2) is 4.78. The molecule has 19 heavy (non-hydrogen) atoms. The van der Waals surface area contributed by atoms with Crippen LogP contribution >= 0.6 is 23.8 Å². The molecular weight excluding hydrogens is 278 g/mol. The Morgan fingerprint density at radius 3 is 3.11 bits per heavy atom. The molecule has 1 N–H and O–H groups in total. The molecule has 5 heteroatoms. The molecule has 1 aliphatic rings. The number of aromatic amines is 1. The van der Waals surface area contributed by atoms with E-state index in [1.54, 1.807) is 0 Å². The molecule has 1 atom stereocenters. The van der Waals surface area contributed by atoms with Gasteiger partial charge in [-0.15, -0.1) is 6.58 Å². The molecule has 0 radical (unpaired) electrons. The van der Waals surface area contributed by atoms with E-state index in [0.717, 1.165) is 46.0 Å². The molecule has 0 saturated heterocycles. The van der Waals surface area contributed by atoms with Gasteiger partial charge in [-0.05, 0) is 31.3 Å². The zero-order valence-corrected chi connectivity index (χ0v) is 12.4. The summed E-state index contributed by atoms with van der Waals surface area (Å²) in [5, 5.41) is 0.804. The van der Waals surface area contributed by atoms with Crippen LogP contribution in [-0.2, 0) is 6.54 Å². The highest BCUT2D eigenvalue weighted by Gasteiger charge is 2.23. The highest BCUT2D eigenvalue weighted by Crippen LogP contribution is 2.32. The third kappa shape index (κ3) is 2.04. The van der Waals surface area contributed by atoms with Gasteiger partial charge in [0, 0.05) is 36.3 Å². The third-order valence-electron chi connectivity index (χ3n) is 3.66. The number of hydrogen-bond donors (Lipinski definition) is 1. The van der Waals surface area contributed by atoms with Gasteiger partial charge in [-0.3, -0.25) is 4.90 Å². The average Bonchev–Trinajstić information content (AvgIpc) is 2.61. The van der Waals surface area contributed by atoms with E-state index in [4.69, 9.17) is 23.8 Å². The minimum absolute atomic E-state index is 0.320. The second-order valence-corrected chi connectivity index (χ2v) is 5.85. The number of H-pyrrole nitrogens is 1. The quantitative estimate of drug-likeness (QED) is 0.670. The molecule has 2 aromatic rings. The van der Waals surface area contributed by atoms with Crippen molar-refractivity contribution in [3.8, 4) is 0 Å². The van der Waals surface area contributed by atoms with Crippen LogP contribution in [0.1, 0.15) is 18.5 Å². The highest BCUT2D eigenvalue weighted by molar-refractivity contribution is 7.71. The molecule has 1 aliphatic heterocycles. The number of halogens is 1. The fourth-order valence-electron chi connectivity index (χ4n) is 2.90. The first-order chi connectivity index (χ1) is 9.11. The van der Waals surface area contributed by atoms with E-state index in [0.29, 0.717) is 6.04 Å². The van der Waals surface area contributed by atoms with E-state index >= 15 is 0 Å². The number of benzene rings is 1. The Hall–Kier alpha value is -1.10. The summed E-state index contributed by atoms with van der Waals surface area (Å²) in [6, 6.07) is 4.26. The number of nitrogens with one attached hydrogen (secondary N) is 1. The maximum absolute atomic E-state index is 6.39. The number of rotatable bonds is 2. The normalized spacial score (nSPS) is 19.6. The molecule has 100 valence electrons. The lowest BCUT2D eigenvalue weighted by atomic mass is 10.1. The molecule has 1 aromatic heterocycles. The van der Waals surface area contributed by atoms with Crippen LogP contribution in [0.4, 0.5) is 0 Å². The van der Waals surface area contributed by atoms with Gasteiger partial charge in [0.2, 0.25) is 0 Å². The summed E-state index contributed by atoms with van der Waals surface area (Å²) < 4.78 is 2.96. The predicted molar refractivity (Wildman–Crippen MR) is 82.3 cm³/mol. The summed E-state index contributed by atoms with van der Waals surface area (Å²) in [7, 11) is 0. The van der Waals surface area contributed by atoms with Gasteiger partial charge in [0.25, 0.3) is 0 Å². The van der Waals surface area contributed by atoms with Crippen molar-refractivity contribution in [2.45, 2.75) is 19.5 Å². The van der Waals surface area contributed by atoms with Crippen molar-refractivity contribution >= 4 is 34.9 Å². The zero-order valence-electron chi connectivity index (χ0n) is 10.8. The lowest BCUT2D eigenvalue weighted by Crippen LogP contribution is -2.27. The lowest BCUT2D eigenvalue weighted by molar-refractivity contribution is 0.263. The van der Waals surface area contributed by atoms with Crippen molar-refractivity contribution in [2.24, 2.45) is 0 Å². The molecule has 3 rings (SSSR count). The first-order valence-electron chi connectivity index (χ1n) is 6.36. The molecule has 0 unspecified atom stereocenters. The molecule has 0 spiro atoms. The first kappa shape index (κ1) is 12.9. The van der Waals surface area contributed by atoms with E-state index in [9.17, 15) is 0 Å². The number of imidazole rings is 1. The molecule has 1 aromatic carbocycles. The van der Waals surface area contributed by atoms with E-state index in [2.05, 4.69) is 28.0 Å². The smallest absolute Gasteiger partial charge is 0.178 e. The summed E-state index contributed by atoms with van der Waals surface area (Å²) in [5.41, 5.74) is 3.37. The highest BCUT2D eigenvalue weighted by atomic mass is 35.5. The van der Waals surface area contributed by atoms with Crippen molar-refractivity contribution in [3.05, 3.63) is 40.1 Å². The predicted octanol–water partition coefficient (Wildman–Crippen LogP) is 3.91. The van der Waals surface area contributed by atoms with Crippen LogP contribution < -0.4 is 0 Å². The summed E-state index contributed by atoms with van der Waals surface area (Å²) in [6.07, 6.45) is 1.93. The van der Waals surface area contributed by atoms with Crippen LogP contribution in [0.5, 0.6) is 0 Å². The van der Waals surface area contributed by atoms with Crippen LogP contribution in [-0.4, -0.2) is 27.5 Å². The summed E-state index contributed by atoms with van der Waals surface area (Å²) in [4.78, 5) is 5.62. The summed E-state index contributed by atoms with van der Waals surface area (Å²) in [6.45, 7) is 8.65. The Morgan fingerprint density at radius 2 is 2.37 bits per heavy atom. The number of aromatic nitrogens is 2. The average molecular weight is 294 g/mol. The standard InChI is InChI=1S/C14H16ClN3S/c1-3-6-17-7-9(2)18-13-10(8-17)11(15)4-5-12(13)16-14(18)19/h3-5,9H,1,6-8H2,2H3,(H,16,19)/t9-/m1/s1. The Bertz CT molecular complexity index is 701. The minimum atomic E-state index is 0.320. The van der Waals surface area contributed by atoms with Crippen LogP contribution in [0.3, 0.4) is 0 Å². The molecule has 0 saturated carbocycles. The molecule has 2 heterocycles. The van der Waals surface area contributed by atoms with Crippen LogP contribution in [0, 0.1) is 4.77 Å². The van der Waals surface area contributed by atoms with Gasteiger partial charge in [-0.25, -0.2) is 0 Å². The maximum Gasteiger partial charge on any atom is 0.178 e. The van der Waals surface area contributed by atoms with E-state index < -0.39 is 0 Å². The monoisotopic (exact) mass is 293 g/mol. The zero-order chi connectivity index (χ0) is 13.6. The third-order valence-corrected chi connectivity index (χ3v) is 4.31. The maximum atomic E-state index is 6.39. The molecule has 0 bridgehead atoms. The van der Waals surface area contributed by atoms with Gasteiger partial charge in [0.05, 0.1) is 11.0 Å². The van der Waals surface area contributed by atoms with Gasteiger partial charge in [0.1, 0.15) is 0 Å². The van der Waals surface area contributed by atoms with Gasteiger partial charge in [0.15, 0.2) is 4.77 Å². The van der Waals surface area contributed by atoms with Crippen LogP contribution in [0.25, 0.3) is 11.0 Å². The van der Waals surface area contributed by atoms with E-state index in [1.165, 1.54) is 0 Å². The van der Waals surface area contributed by atoms with E-state index in [1.807, 2.05) is 18.2 Å². The fraction of sp³-hybridized carbons (Fsp3) is 0.357. The summed E-state index contributed by atoms with van der Waals surface area (Å²) in [5.74, 6) is 0. The fourth-order valence-corrected chi connectivity index (χ4v) is 3.49. The Labute approximate surface area is 122 Å². The largest absolute Gasteiger partial charge is 0.331 e. The SMILES string of the molecule is C=CCN1Cc2c(Cl)ccc3[nH]c(=S)n(c23)[C@H](C)C1. The topological polar surface area (TPSA) is 24.0 Å².